The molecule has 3 rings (SSSR count). The highest BCUT2D eigenvalue weighted by Crippen LogP contribution is 2.33. The summed E-state index contributed by atoms with van der Waals surface area (Å²) >= 11 is 1.60. The van der Waals surface area contributed by atoms with Gasteiger partial charge in [-0.1, -0.05) is 6.92 Å². The van der Waals surface area contributed by atoms with Gasteiger partial charge in [-0.3, -0.25) is 4.79 Å². The molecule has 1 atom stereocenters. The van der Waals surface area contributed by atoms with Crippen LogP contribution in [0, 0.1) is 5.92 Å². The lowest BCUT2D eigenvalue weighted by Crippen LogP contribution is -2.12. The molecule has 0 aliphatic heterocycles. The third kappa shape index (κ3) is 3.79. The van der Waals surface area contributed by atoms with E-state index in [2.05, 4.69) is 12.2 Å². The molecule has 1 aliphatic rings. The molecule has 1 aromatic carbocycles. The Morgan fingerprint density at radius 1 is 1.39 bits per heavy atom. The first-order chi connectivity index (χ1) is 10.6. The quantitative estimate of drug-likeness (QED) is 0.816. The van der Waals surface area contributed by atoms with E-state index < -0.39 is 0 Å². The molecule has 0 radical (unpaired) electrons. The highest BCUT2D eigenvalue weighted by atomic mass is 35.5. The molecular formula is C17H21ClN2O2S. The molecule has 23 heavy (non-hydrogen) atoms. The Kier molecular flexibility index (Phi) is 5.55. The van der Waals surface area contributed by atoms with Gasteiger partial charge >= 0.3 is 0 Å². The average Bonchev–Trinajstić information content (AvgIpc) is 2.92. The summed E-state index contributed by atoms with van der Waals surface area (Å²) in [4.78, 5) is 14.6. The maximum atomic E-state index is 12.5. The minimum absolute atomic E-state index is 0. The van der Waals surface area contributed by atoms with Gasteiger partial charge in [-0.2, -0.15) is 0 Å². The number of nitrogens with two attached hydrogens (primary N) is 1. The number of nitrogen functional groups attached to an aromatic ring is 1. The molecule has 0 spiro atoms. The number of thiophene rings is 1. The summed E-state index contributed by atoms with van der Waals surface area (Å²) in [5.74, 6) is 1.27. The van der Waals surface area contributed by atoms with E-state index in [0.717, 1.165) is 17.7 Å². The number of halogens is 1. The molecule has 1 aliphatic carbocycles. The van der Waals surface area contributed by atoms with Crippen LogP contribution in [-0.2, 0) is 12.8 Å². The van der Waals surface area contributed by atoms with E-state index >= 15 is 0 Å². The van der Waals surface area contributed by atoms with Gasteiger partial charge < -0.3 is 15.8 Å². The van der Waals surface area contributed by atoms with Crippen LogP contribution in [0.25, 0.3) is 0 Å². The average molecular weight is 353 g/mol. The van der Waals surface area contributed by atoms with Crippen molar-refractivity contribution in [3.63, 3.8) is 0 Å². The van der Waals surface area contributed by atoms with Gasteiger partial charge in [-0.15, -0.1) is 23.7 Å². The molecule has 1 aromatic heterocycles. The minimum atomic E-state index is -0.105. The van der Waals surface area contributed by atoms with Gasteiger partial charge in [0.05, 0.1) is 23.4 Å². The zero-order valence-corrected chi connectivity index (χ0v) is 14.9. The summed E-state index contributed by atoms with van der Waals surface area (Å²) in [5.41, 5.74) is 8.36. The van der Waals surface area contributed by atoms with Crippen molar-refractivity contribution in [2.24, 2.45) is 5.92 Å². The number of nitrogens with one attached hydrogen (secondary N) is 1. The number of methoxy groups -OCH3 is 1. The third-order valence-electron chi connectivity index (χ3n) is 4.06. The van der Waals surface area contributed by atoms with Crippen LogP contribution in [0.1, 0.15) is 33.5 Å². The fraction of sp³-hybridized carbons (Fsp3) is 0.353. The van der Waals surface area contributed by atoms with Crippen molar-refractivity contribution >= 4 is 41.0 Å². The molecule has 0 saturated carbocycles. The summed E-state index contributed by atoms with van der Waals surface area (Å²) in [5, 5.41) is 2.89. The lowest BCUT2D eigenvalue weighted by molar-refractivity contribution is 0.103. The van der Waals surface area contributed by atoms with E-state index in [9.17, 15) is 4.79 Å². The number of rotatable bonds is 3. The van der Waals surface area contributed by atoms with Crippen LogP contribution in [0.5, 0.6) is 5.75 Å². The first-order valence-corrected chi connectivity index (χ1v) is 8.25. The number of carbonyl (C=O) groups is 1. The van der Waals surface area contributed by atoms with Crippen LogP contribution >= 0.6 is 23.7 Å². The maximum Gasteiger partial charge on any atom is 0.265 e. The molecule has 2 aromatic rings. The zero-order chi connectivity index (χ0) is 15.7. The summed E-state index contributed by atoms with van der Waals surface area (Å²) in [6.07, 6.45) is 3.35. The number of hydrogen-bond donors (Lipinski definition) is 2. The van der Waals surface area contributed by atoms with Gasteiger partial charge in [0.2, 0.25) is 0 Å². The fourth-order valence-corrected chi connectivity index (χ4v) is 3.88. The van der Waals surface area contributed by atoms with Crippen molar-refractivity contribution in [1.29, 1.82) is 0 Å². The normalized spacial score (nSPS) is 16.2. The van der Waals surface area contributed by atoms with Crippen molar-refractivity contribution in [3.8, 4) is 5.75 Å². The van der Waals surface area contributed by atoms with Crippen molar-refractivity contribution in [1.82, 2.24) is 0 Å². The highest BCUT2D eigenvalue weighted by molar-refractivity contribution is 7.14. The van der Waals surface area contributed by atoms with Crippen LogP contribution in [-0.4, -0.2) is 13.0 Å². The molecule has 1 unspecified atom stereocenters. The Hall–Kier alpha value is -1.72. The lowest BCUT2D eigenvalue weighted by atomic mass is 9.90. The predicted octanol–water partition coefficient (Wildman–Crippen LogP) is 4.14. The predicted molar refractivity (Wildman–Crippen MR) is 98.1 cm³/mol. The number of anilines is 2. The smallest absolute Gasteiger partial charge is 0.265 e. The largest absolute Gasteiger partial charge is 0.497 e. The SMILES string of the molecule is COc1ccc(N)c(NC(=O)c2cc3c(s2)CCC(C)C3)c1.Cl. The third-order valence-corrected chi connectivity index (χ3v) is 5.30. The van der Waals surface area contributed by atoms with Gasteiger partial charge in [0, 0.05) is 10.9 Å². The Morgan fingerprint density at radius 2 is 2.17 bits per heavy atom. The monoisotopic (exact) mass is 352 g/mol. The van der Waals surface area contributed by atoms with Gasteiger partial charge in [0.15, 0.2) is 0 Å². The molecule has 6 heteroatoms. The van der Waals surface area contributed by atoms with E-state index in [1.54, 1.807) is 36.6 Å². The van der Waals surface area contributed by atoms with Crippen LogP contribution in [0.4, 0.5) is 11.4 Å². The highest BCUT2D eigenvalue weighted by Gasteiger charge is 2.21. The molecule has 0 bridgehead atoms. The van der Waals surface area contributed by atoms with Crippen molar-refractivity contribution in [2.45, 2.75) is 26.2 Å². The Morgan fingerprint density at radius 3 is 2.91 bits per heavy atom. The minimum Gasteiger partial charge on any atom is -0.497 e. The van der Waals surface area contributed by atoms with Crippen LogP contribution in [0.2, 0.25) is 0 Å². The summed E-state index contributed by atoms with van der Waals surface area (Å²) < 4.78 is 5.17. The number of carbonyl (C=O) groups excluding carboxylic acids is 1. The van der Waals surface area contributed by atoms with Crippen molar-refractivity contribution in [2.75, 3.05) is 18.2 Å². The maximum absolute atomic E-state index is 12.5. The first kappa shape index (κ1) is 17.6. The van der Waals surface area contributed by atoms with Gasteiger partial charge in [0.1, 0.15) is 5.75 Å². The Balaban J connectivity index is 0.00000192. The summed E-state index contributed by atoms with van der Waals surface area (Å²) in [6, 6.07) is 7.27. The number of fused-ring (bicyclic) bond motifs is 1. The van der Waals surface area contributed by atoms with Crippen LogP contribution in [0.15, 0.2) is 24.3 Å². The molecule has 1 heterocycles. The Bertz CT molecular complexity index is 715. The van der Waals surface area contributed by atoms with E-state index in [0.29, 0.717) is 23.0 Å². The first-order valence-electron chi connectivity index (χ1n) is 7.43. The number of benzene rings is 1. The standard InChI is InChI=1S/C17H20N2O2S.ClH/c1-10-3-6-15-11(7-10)8-16(22-15)17(20)19-14-9-12(21-2)4-5-13(14)18;/h4-5,8-10H,3,6-7,18H2,1-2H3,(H,19,20);1H. The summed E-state index contributed by atoms with van der Waals surface area (Å²) in [7, 11) is 1.59. The topological polar surface area (TPSA) is 64.3 Å². The lowest BCUT2D eigenvalue weighted by Gasteiger charge is -2.16. The van der Waals surface area contributed by atoms with Crippen molar-refractivity contribution < 1.29 is 9.53 Å². The van der Waals surface area contributed by atoms with Gasteiger partial charge in [-0.25, -0.2) is 0 Å². The van der Waals surface area contributed by atoms with E-state index in [4.69, 9.17) is 10.5 Å². The second kappa shape index (κ2) is 7.23. The number of aryl methyl sites for hydroxylation is 1. The second-order valence-electron chi connectivity index (χ2n) is 5.81. The zero-order valence-electron chi connectivity index (χ0n) is 13.2. The second-order valence-corrected chi connectivity index (χ2v) is 6.95. The van der Waals surface area contributed by atoms with Gasteiger partial charge in [0.25, 0.3) is 5.91 Å². The molecule has 4 nitrogen and oxygen atoms in total. The molecule has 0 saturated heterocycles. The molecule has 124 valence electrons. The van der Waals surface area contributed by atoms with Gasteiger partial charge in [-0.05, 0) is 48.9 Å². The van der Waals surface area contributed by atoms with Crippen molar-refractivity contribution in [3.05, 3.63) is 39.6 Å². The summed E-state index contributed by atoms with van der Waals surface area (Å²) in [6.45, 7) is 2.26. The number of hydrogen-bond acceptors (Lipinski definition) is 4. The molecule has 3 N–H and O–H groups in total. The van der Waals surface area contributed by atoms with E-state index in [1.165, 1.54) is 16.9 Å². The van der Waals surface area contributed by atoms with E-state index in [-0.39, 0.29) is 18.3 Å². The fourth-order valence-electron chi connectivity index (χ4n) is 2.77. The van der Waals surface area contributed by atoms with E-state index in [1.807, 2.05) is 6.07 Å². The molecular weight excluding hydrogens is 332 g/mol. The molecule has 1 amide bonds. The Labute approximate surface area is 146 Å². The van der Waals surface area contributed by atoms with Crippen LogP contribution < -0.4 is 15.8 Å². The number of amides is 1. The number of ether oxygens (including phenoxy) is 1. The van der Waals surface area contributed by atoms with Crippen LogP contribution in [0.3, 0.4) is 0 Å². The molecule has 0 fully saturated rings.